The third kappa shape index (κ3) is 12.6. The number of likely N-dealkylation sites (tertiary alicyclic amines) is 1. The number of aromatic nitrogens is 2. The second-order valence-electron chi connectivity index (χ2n) is 9.92. The van der Waals surface area contributed by atoms with Crippen LogP contribution in [0.15, 0.2) is 12.3 Å². The summed E-state index contributed by atoms with van der Waals surface area (Å²) >= 11 is 0. The fraction of sp³-hybridized carbons (Fsp3) is 0.792. The van der Waals surface area contributed by atoms with Crippen molar-refractivity contribution in [2.24, 2.45) is 11.8 Å². The number of carboxylic acids is 2. The molecule has 2 fully saturated rings. The van der Waals surface area contributed by atoms with Crippen molar-refractivity contribution in [2.45, 2.75) is 64.0 Å². The molecule has 3 aliphatic rings. The topological polar surface area (TPSA) is 108 Å². The molecule has 224 valence electrons. The van der Waals surface area contributed by atoms with E-state index >= 15 is 0 Å². The van der Waals surface area contributed by atoms with Gasteiger partial charge in [0.25, 0.3) is 0 Å². The minimum Gasteiger partial charge on any atom is -0.475 e. The summed E-state index contributed by atoms with van der Waals surface area (Å²) in [4.78, 5) is 23.2. The molecule has 1 aromatic heterocycles. The van der Waals surface area contributed by atoms with Gasteiger partial charge in [-0.2, -0.15) is 31.4 Å². The number of alkyl halides is 6. The third-order valence-electron chi connectivity index (χ3n) is 6.78. The largest absolute Gasteiger partial charge is 0.490 e. The minimum atomic E-state index is -5.08. The first kappa shape index (κ1) is 32.8. The standard InChI is InChI=1S/C20H34N4O.2C2HF3O2/c1-2-9-22(10-3-1)11-5-19-15-23(14-18-6-12-25-13-7-18)17-20-4-8-21-24(20)16-19;2*3-2(4,5)1(6)7/h4,8,18-19H,1-3,5-7,9-17H2;2*(H,6,7). The fourth-order valence-electron chi connectivity index (χ4n) is 4.78. The predicted molar refractivity (Wildman–Crippen MR) is 127 cm³/mol. The lowest BCUT2D eigenvalue weighted by molar-refractivity contribution is -0.193. The van der Waals surface area contributed by atoms with E-state index in [0.29, 0.717) is 0 Å². The van der Waals surface area contributed by atoms with E-state index in [1.165, 1.54) is 76.9 Å². The number of ether oxygens (including phenoxy) is 1. The highest BCUT2D eigenvalue weighted by Gasteiger charge is 2.39. The number of carboxylic acid groups (broad SMARTS) is 2. The summed E-state index contributed by atoms with van der Waals surface area (Å²) in [6.45, 7) is 10.4. The molecule has 1 atom stereocenters. The quantitative estimate of drug-likeness (QED) is 0.511. The molecule has 3 aliphatic heterocycles. The van der Waals surface area contributed by atoms with Crippen molar-refractivity contribution in [1.82, 2.24) is 19.6 Å². The Morgan fingerprint density at radius 2 is 1.46 bits per heavy atom. The molecule has 1 unspecified atom stereocenters. The normalized spacial score (nSPS) is 21.4. The molecule has 4 rings (SSSR count). The Kier molecular flexibility index (Phi) is 13.0. The molecule has 0 spiro atoms. The van der Waals surface area contributed by atoms with E-state index in [1.54, 1.807) is 0 Å². The van der Waals surface area contributed by atoms with E-state index in [9.17, 15) is 26.3 Å². The molecular weight excluding hydrogens is 538 g/mol. The first-order chi connectivity index (χ1) is 18.3. The Balaban J connectivity index is 0.000000317. The Morgan fingerprint density at radius 1 is 0.897 bits per heavy atom. The molecule has 0 saturated carbocycles. The van der Waals surface area contributed by atoms with Crippen LogP contribution >= 0.6 is 0 Å². The SMILES string of the molecule is O=C(O)C(F)(F)F.O=C(O)C(F)(F)F.c1cc2n(n1)CC(CCN1CCCCC1)CN(CC1CCOCC1)C2. The van der Waals surface area contributed by atoms with Gasteiger partial charge in [-0.3, -0.25) is 9.58 Å². The van der Waals surface area contributed by atoms with Crippen LogP contribution in [0.4, 0.5) is 26.3 Å². The summed E-state index contributed by atoms with van der Waals surface area (Å²) < 4.78 is 71.3. The molecule has 15 heteroatoms. The molecule has 0 amide bonds. The Morgan fingerprint density at radius 3 is 2.00 bits per heavy atom. The van der Waals surface area contributed by atoms with Crippen LogP contribution in [0, 0.1) is 11.8 Å². The number of hydrogen-bond donors (Lipinski definition) is 2. The van der Waals surface area contributed by atoms with Crippen LogP contribution in [0.2, 0.25) is 0 Å². The monoisotopic (exact) mass is 574 g/mol. The number of nitrogens with zero attached hydrogens (tertiary/aromatic N) is 4. The summed E-state index contributed by atoms with van der Waals surface area (Å²) in [6.07, 6.45) is -0.204. The summed E-state index contributed by atoms with van der Waals surface area (Å²) in [7, 11) is 0. The van der Waals surface area contributed by atoms with Crippen LogP contribution in [-0.2, 0) is 27.4 Å². The number of piperidine rings is 1. The number of hydrogen-bond acceptors (Lipinski definition) is 6. The molecule has 0 radical (unpaired) electrons. The highest BCUT2D eigenvalue weighted by atomic mass is 19.4. The van der Waals surface area contributed by atoms with Gasteiger partial charge >= 0.3 is 24.3 Å². The summed E-state index contributed by atoms with van der Waals surface area (Å²) in [6, 6.07) is 2.21. The Bertz CT molecular complexity index is 859. The van der Waals surface area contributed by atoms with Gasteiger partial charge < -0.3 is 19.8 Å². The lowest BCUT2D eigenvalue weighted by Crippen LogP contribution is -2.36. The lowest BCUT2D eigenvalue weighted by Gasteiger charge is -2.31. The van der Waals surface area contributed by atoms with Gasteiger partial charge in [0, 0.05) is 45.6 Å². The van der Waals surface area contributed by atoms with Crippen molar-refractivity contribution in [3.05, 3.63) is 18.0 Å². The Labute approximate surface area is 222 Å². The van der Waals surface area contributed by atoms with Crippen LogP contribution in [0.5, 0.6) is 0 Å². The zero-order chi connectivity index (χ0) is 29.1. The van der Waals surface area contributed by atoms with E-state index in [4.69, 9.17) is 24.5 Å². The van der Waals surface area contributed by atoms with Gasteiger partial charge in [0.2, 0.25) is 0 Å². The molecule has 4 heterocycles. The van der Waals surface area contributed by atoms with Crippen LogP contribution < -0.4 is 0 Å². The molecule has 2 N–H and O–H groups in total. The van der Waals surface area contributed by atoms with E-state index in [0.717, 1.165) is 38.1 Å². The number of carbonyl (C=O) groups is 2. The Hall–Kier alpha value is -2.39. The van der Waals surface area contributed by atoms with Crippen LogP contribution in [0.1, 0.15) is 44.2 Å². The molecule has 1 aromatic rings. The van der Waals surface area contributed by atoms with Gasteiger partial charge in [0.1, 0.15) is 0 Å². The maximum absolute atomic E-state index is 10.6. The number of fused-ring (bicyclic) bond motifs is 1. The van der Waals surface area contributed by atoms with Gasteiger partial charge in [-0.05, 0) is 69.6 Å². The van der Waals surface area contributed by atoms with Gasteiger partial charge in [-0.15, -0.1) is 0 Å². The summed E-state index contributed by atoms with van der Waals surface area (Å²) in [5.41, 5.74) is 1.40. The number of rotatable bonds is 5. The molecule has 9 nitrogen and oxygen atoms in total. The van der Waals surface area contributed by atoms with Crippen LogP contribution in [-0.4, -0.2) is 100 Å². The van der Waals surface area contributed by atoms with Gasteiger partial charge in [0.05, 0.1) is 5.69 Å². The first-order valence-electron chi connectivity index (χ1n) is 12.9. The average Bonchev–Trinajstić information content (AvgIpc) is 3.22. The van der Waals surface area contributed by atoms with Crippen molar-refractivity contribution in [2.75, 3.05) is 45.9 Å². The molecule has 0 aromatic carbocycles. The smallest absolute Gasteiger partial charge is 0.475 e. The zero-order valence-corrected chi connectivity index (χ0v) is 21.6. The van der Waals surface area contributed by atoms with Crippen molar-refractivity contribution in [3.8, 4) is 0 Å². The van der Waals surface area contributed by atoms with Gasteiger partial charge in [-0.25, -0.2) is 9.59 Å². The summed E-state index contributed by atoms with van der Waals surface area (Å²) in [5.74, 6) is -3.98. The number of halogens is 6. The maximum Gasteiger partial charge on any atom is 0.490 e. The lowest BCUT2D eigenvalue weighted by atomic mass is 9.98. The molecular formula is C24H36F6N4O5. The van der Waals surface area contributed by atoms with E-state index < -0.39 is 24.3 Å². The van der Waals surface area contributed by atoms with Gasteiger partial charge in [-0.1, -0.05) is 6.42 Å². The highest BCUT2D eigenvalue weighted by molar-refractivity contribution is 5.73. The predicted octanol–water partition coefficient (Wildman–Crippen LogP) is 3.88. The van der Waals surface area contributed by atoms with E-state index in [1.807, 2.05) is 6.20 Å². The number of aliphatic carboxylic acids is 2. The molecule has 39 heavy (non-hydrogen) atoms. The third-order valence-corrected chi connectivity index (χ3v) is 6.78. The summed E-state index contributed by atoms with van der Waals surface area (Å²) in [5, 5.41) is 18.8. The van der Waals surface area contributed by atoms with Crippen molar-refractivity contribution >= 4 is 11.9 Å². The van der Waals surface area contributed by atoms with E-state index in [-0.39, 0.29) is 0 Å². The van der Waals surface area contributed by atoms with Crippen molar-refractivity contribution in [1.29, 1.82) is 0 Å². The van der Waals surface area contributed by atoms with E-state index in [2.05, 4.69) is 25.6 Å². The first-order valence-corrected chi connectivity index (χ1v) is 12.9. The minimum absolute atomic E-state index is 0.725. The second kappa shape index (κ2) is 15.4. The van der Waals surface area contributed by atoms with Crippen molar-refractivity contribution < 1.29 is 50.9 Å². The van der Waals surface area contributed by atoms with Gasteiger partial charge in [0.15, 0.2) is 0 Å². The van der Waals surface area contributed by atoms with Crippen LogP contribution in [0.25, 0.3) is 0 Å². The second-order valence-corrected chi connectivity index (χ2v) is 9.92. The average molecular weight is 575 g/mol. The van der Waals surface area contributed by atoms with Crippen LogP contribution in [0.3, 0.4) is 0 Å². The molecule has 0 aliphatic carbocycles. The molecule has 0 bridgehead atoms. The fourth-order valence-corrected chi connectivity index (χ4v) is 4.78. The van der Waals surface area contributed by atoms with Crippen molar-refractivity contribution in [3.63, 3.8) is 0 Å². The maximum atomic E-state index is 10.6. The molecule has 2 saturated heterocycles. The highest BCUT2D eigenvalue weighted by Crippen LogP contribution is 2.23. The zero-order valence-electron chi connectivity index (χ0n) is 21.6.